The van der Waals surface area contributed by atoms with Crippen LogP contribution in [0, 0.1) is 13.8 Å². The van der Waals surface area contributed by atoms with Gasteiger partial charge in [-0.15, -0.1) is 0 Å². The molecule has 6 nitrogen and oxygen atoms in total. The van der Waals surface area contributed by atoms with Crippen molar-refractivity contribution in [2.24, 2.45) is 0 Å². The fourth-order valence-corrected chi connectivity index (χ4v) is 2.79. The first kappa shape index (κ1) is 19.1. The predicted octanol–water partition coefficient (Wildman–Crippen LogP) is 2.79. The summed E-state index contributed by atoms with van der Waals surface area (Å²) in [5.41, 5.74) is 2.91. The number of carbonyl (C=O) groups excluding carboxylic acids is 2. The third kappa shape index (κ3) is 4.93. The van der Waals surface area contributed by atoms with Crippen molar-refractivity contribution >= 4 is 11.9 Å². The Kier molecular flexibility index (Phi) is 5.88. The molecule has 1 N–H and O–H groups in total. The molecule has 1 aliphatic heterocycles. The largest absolute Gasteiger partial charge is 0.459 e. The first-order valence-corrected chi connectivity index (χ1v) is 8.77. The average molecular weight is 370 g/mol. The number of benzene rings is 2. The Labute approximate surface area is 157 Å². The summed E-state index contributed by atoms with van der Waals surface area (Å²) in [7, 11) is 0. The predicted molar refractivity (Wildman–Crippen MR) is 97.3 cm³/mol. The Morgan fingerprint density at radius 2 is 1.48 bits per heavy atom. The molecule has 0 aliphatic carbocycles. The minimum Gasteiger partial charge on any atom is -0.459 e. The minimum atomic E-state index is -1.07. The Morgan fingerprint density at radius 3 is 2.04 bits per heavy atom. The van der Waals surface area contributed by atoms with Crippen molar-refractivity contribution in [3.8, 4) is 0 Å². The van der Waals surface area contributed by atoms with E-state index in [-0.39, 0.29) is 13.0 Å². The van der Waals surface area contributed by atoms with Gasteiger partial charge in [0.25, 0.3) is 0 Å². The van der Waals surface area contributed by atoms with Crippen molar-refractivity contribution in [2.75, 3.05) is 6.61 Å². The lowest BCUT2D eigenvalue weighted by molar-refractivity contribution is -0.110. The number of aliphatic hydroxyl groups is 1. The molecular formula is C21H22O6. The van der Waals surface area contributed by atoms with Crippen molar-refractivity contribution in [3.05, 3.63) is 70.8 Å². The molecule has 0 bridgehead atoms. The highest BCUT2D eigenvalue weighted by molar-refractivity contribution is 5.90. The van der Waals surface area contributed by atoms with Gasteiger partial charge in [-0.25, -0.2) is 9.59 Å². The van der Waals surface area contributed by atoms with Gasteiger partial charge < -0.3 is 19.3 Å². The van der Waals surface area contributed by atoms with Gasteiger partial charge in [-0.05, 0) is 38.1 Å². The second-order valence-electron chi connectivity index (χ2n) is 6.64. The number of hydrogen-bond acceptors (Lipinski definition) is 6. The third-order valence-electron chi connectivity index (χ3n) is 4.39. The highest BCUT2D eigenvalue weighted by atomic mass is 16.7. The maximum absolute atomic E-state index is 12.3. The van der Waals surface area contributed by atoms with E-state index in [4.69, 9.17) is 14.2 Å². The summed E-state index contributed by atoms with van der Waals surface area (Å²) in [6.07, 6.45) is -2.35. The monoisotopic (exact) mass is 370 g/mol. The maximum atomic E-state index is 12.3. The summed E-state index contributed by atoms with van der Waals surface area (Å²) >= 11 is 0. The zero-order valence-electron chi connectivity index (χ0n) is 15.3. The molecule has 0 spiro atoms. The van der Waals surface area contributed by atoms with E-state index in [1.165, 1.54) is 0 Å². The second kappa shape index (κ2) is 8.33. The molecule has 0 saturated carbocycles. The van der Waals surface area contributed by atoms with Gasteiger partial charge >= 0.3 is 11.9 Å². The van der Waals surface area contributed by atoms with E-state index < -0.39 is 30.4 Å². The smallest absolute Gasteiger partial charge is 0.338 e. The summed E-state index contributed by atoms with van der Waals surface area (Å²) in [6.45, 7) is 3.74. The van der Waals surface area contributed by atoms with Gasteiger partial charge in [-0.2, -0.15) is 0 Å². The van der Waals surface area contributed by atoms with Crippen LogP contribution in [-0.4, -0.2) is 42.1 Å². The van der Waals surface area contributed by atoms with Crippen LogP contribution in [0.5, 0.6) is 0 Å². The number of rotatable bonds is 5. The molecular weight excluding hydrogens is 348 g/mol. The van der Waals surface area contributed by atoms with Gasteiger partial charge in [0.1, 0.15) is 18.8 Å². The van der Waals surface area contributed by atoms with Crippen molar-refractivity contribution in [1.82, 2.24) is 0 Å². The average Bonchev–Trinajstić information content (AvgIpc) is 3.00. The number of esters is 2. The number of aryl methyl sites for hydroxylation is 2. The van der Waals surface area contributed by atoms with E-state index in [0.29, 0.717) is 11.1 Å². The molecule has 3 atom stereocenters. The van der Waals surface area contributed by atoms with E-state index in [9.17, 15) is 14.7 Å². The van der Waals surface area contributed by atoms with Crippen LogP contribution in [0.2, 0.25) is 0 Å². The molecule has 1 heterocycles. The lowest BCUT2D eigenvalue weighted by atomic mass is 10.1. The van der Waals surface area contributed by atoms with Crippen molar-refractivity contribution < 1.29 is 28.9 Å². The first-order valence-electron chi connectivity index (χ1n) is 8.77. The molecule has 1 fully saturated rings. The number of ether oxygens (including phenoxy) is 3. The van der Waals surface area contributed by atoms with Crippen molar-refractivity contribution in [2.45, 2.75) is 38.8 Å². The molecule has 1 aliphatic rings. The van der Waals surface area contributed by atoms with E-state index in [0.717, 1.165) is 11.1 Å². The molecule has 27 heavy (non-hydrogen) atoms. The molecule has 0 aromatic heterocycles. The molecule has 3 rings (SSSR count). The maximum Gasteiger partial charge on any atom is 0.338 e. The van der Waals surface area contributed by atoms with Crippen LogP contribution in [0.25, 0.3) is 0 Å². The molecule has 2 aromatic carbocycles. The van der Waals surface area contributed by atoms with Gasteiger partial charge in [0.2, 0.25) is 0 Å². The zero-order chi connectivity index (χ0) is 19.4. The van der Waals surface area contributed by atoms with Crippen LogP contribution in [0.4, 0.5) is 0 Å². The van der Waals surface area contributed by atoms with Crippen LogP contribution in [0.15, 0.2) is 48.5 Å². The third-order valence-corrected chi connectivity index (χ3v) is 4.39. The molecule has 2 aromatic rings. The van der Waals surface area contributed by atoms with Gasteiger partial charge in [0.15, 0.2) is 6.29 Å². The summed E-state index contributed by atoms with van der Waals surface area (Å²) in [5, 5.41) is 9.75. The highest BCUT2D eigenvalue weighted by Crippen LogP contribution is 2.24. The molecule has 0 radical (unpaired) electrons. The minimum absolute atomic E-state index is 0.115. The SMILES string of the molecule is Cc1ccc(C(=O)OC[C@H]2OC(O)C[C@H]2OC(=O)c2ccc(C)cc2)cc1. The molecule has 6 heteroatoms. The number of hydrogen-bond donors (Lipinski definition) is 1. The second-order valence-corrected chi connectivity index (χ2v) is 6.64. The number of carbonyl (C=O) groups is 2. The quantitative estimate of drug-likeness (QED) is 0.815. The molecule has 1 unspecified atom stereocenters. The lowest BCUT2D eigenvalue weighted by Crippen LogP contribution is -2.32. The topological polar surface area (TPSA) is 82.1 Å². The standard InChI is InChI=1S/C21H22O6/c1-13-3-7-15(8-4-13)20(23)25-12-18-17(11-19(22)26-18)27-21(24)16-9-5-14(2)6-10-16/h3-10,17-19,22H,11-12H2,1-2H3/t17-,18-,19?/m1/s1. The lowest BCUT2D eigenvalue weighted by Gasteiger charge is -2.18. The van der Waals surface area contributed by atoms with Crippen LogP contribution in [0.1, 0.15) is 38.3 Å². The number of aliphatic hydroxyl groups excluding tert-OH is 1. The molecule has 0 amide bonds. The normalized spacial score (nSPS) is 21.7. The van der Waals surface area contributed by atoms with Crippen LogP contribution < -0.4 is 0 Å². The summed E-state index contributed by atoms with van der Waals surface area (Å²) in [5.74, 6) is -1.00. The Balaban J connectivity index is 1.58. The Bertz CT molecular complexity index is 796. The van der Waals surface area contributed by atoms with Gasteiger partial charge in [0.05, 0.1) is 11.1 Å². The van der Waals surface area contributed by atoms with Gasteiger partial charge in [-0.3, -0.25) is 0 Å². The Morgan fingerprint density at radius 1 is 0.963 bits per heavy atom. The summed E-state index contributed by atoms with van der Waals surface area (Å²) < 4.78 is 16.1. The van der Waals surface area contributed by atoms with E-state index in [2.05, 4.69) is 0 Å². The van der Waals surface area contributed by atoms with Gasteiger partial charge in [-0.1, -0.05) is 35.4 Å². The molecule has 142 valence electrons. The van der Waals surface area contributed by atoms with E-state index >= 15 is 0 Å². The van der Waals surface area contributed by atoms with Crippen molar-refractivity contribution in [1.29, 1.82) is 0 Å². The fourth-order valence-electron chi connectivity index (χ4n) is 2.79. The fraction of sp³-hybridized carbons (Fsp3) is 0.333. The molecule has 1 saturated heterocycles. The first-order chi connectivity index (χ1) is 12.9. The zero-order valence-corrected chi connectivity index (χ0v) is 15.3. The van der Waals surface area contributed by atoms with Crippen LogP contribution >= 0.6 is 0 Å². The van der Waals surface area contributed by atoms with E-state index in [1.54, 1.807) is 24.3 Å². The van der Waals surface area contributed by atoms with Crippen LogP contribution in [0.3, 0.4) is 0 Å². The van der Waals surface area contributed by atoms with Crippen LogP contribution in [-0.2, 0) is 14.2 Å². The Hall–Kier alpha value is -2.70. The highest BCUT2D eigenvalue weighted by Gasteiger charge is 2.38. The summed E-state index contributed by atoms with van der Waals surface area (Å²) in [6, 6.07) is 14.0. The van der Waals surface area contributed by atoms with Gasteiger partial charge in [0, 0.05) is 6.42 Å². The van der Waals surface area contributed by atoms with E-state index in [1.807, 2.05) is 38.1 Å². The summed E-state index contributed by atoms with van der Waals surface area (Å²) in [4.78, 5) is 24.4. The van der Waals surface area contributed by atoms with Crippen molar-refractivity contribution in [3.63, 3.8) is 0 Å².